The van der Waals surface area contributed by atoms with Crippen LogP contribution in [0.2, 0.25) is 5.82 Å². The lowest BCUT2D eigenvalue weighted by Gasteiger charge is -2.32. The molecule has 1 fully saturated rings. The molecule has 0 aromatic heterocycles. The highest BCUT2D eigenvalue weighted by atomic mass is 35.5. The second kappa shape index (κ2) is 6.30. The van der Waals surface area contributed by atoms with Gasteiger partial charge in [0.1, 0.15) is 0 Å². The molecule has 1 aliphatic rings. The van der Waals surface area contributed by atoms with E-state index in [9.17, 15) is 0 Å². The highest BCUT2D eigenvalue weighted by Gasteiger charge is 2.53. The van der Waals surface area contributed by atoms with Gasteiger partial charge in [0.05, 0.1) is 11.2 Å². The van der Waals surface area contributed by atoms with Crippen LogP contribution in [-0.4, -0.2) is 24.2 Å². The minimum atomic E-state index is -0.280. The molecule has 102 valence electrons. The summed E-state index contributed by atoms with van der Waals surface area (Å²) in [6, 6.07) is 0. The van der Waals surface area contributed by atoms with E-state index < -0.39 is 0 Å². The van der Waals surface area contributed by atoms with E-state index in [-0.39, 0.29) is 24.1 Å². The minimum Gasteiger partial charge on any atom is -0.403 e. The van der Waals surface area contributed by atoms with Crippen LogP contribution in [-0.2, 0) is 9.31 Å². The topological polar surface area (TPSA) is 18.5 Å². The molecule has 2 nitrogen and oxygen atoms in total. The molecule has 0 aromatic carbocycles. The molecule has 0 bridgehead atoms. The van der Waals surface area contributed by atoms with Gasteiger partial charge in [0.25, 0.3) is 0 Å². The standard InChI is InChI=1S/C14H24BClO2/c1-6-9-12(10-7-8-11-16)15-17-13(2,3)14(4,5)18-15/h9,12H,1,7-8,10-11H2,2-5H3. The Hall–Kier alpha value is -0.205. The third-order valence-electron chi connectivity index (χ3n) is 3.87. The lowest BCUT2D eigenvalue weighted by atomic mass is 9.69. The Labute approximate surface area is 117 Å². The summed E-state index contributed by atoms with van der Waals surface area (Å²) in [6.07, 6.45) is 5.03. The maximum Gasteiger partial charge on any atom is 0.465 e. The number of halogens is 1. The summed E-state index contributed by atoms with van der Waals surface area (Å²) in [4.78, 5) is 0. The summed E-state index contributed by atoms with van der Waals surface area (Å²) in [5.74, 6) is 0.903. The first-order valence-corrected chi connectivity index (χ1v) is 7.15. The summed E-state index contributed by atoms with van der Waals surface area (Å²) < 4.78 is 12.1. The Morgan fingerprint density at radius 3 is 2.22 bits per heavy atom. The van der Waals surface area contributed by atoms with Crippen LogP contribution in [0, 0.1) is 0 Å². The van der Waals surface area contributed by atoms with Crippen LogP contribution in [0.15, 0.2) is 18.4 Å². The molecule has 0 saturated carbocycles. The fourth-order valence-corrected chi connectivity index (χ4v) is 2.18. The molecular formula is C14H24BClO2. The van der Waals surface area contributed by atoms with E-state index in [0.717, 1.165) is 19.3 Å². The molecule has 4 heteroatoms. The van der Waals surface area contributed by atoms with Gasteiger partial charge >= 0.3 is 7.12 Å². The second-order valence-electron chi connectivity index (χ2n) is 5.84. The van der Waals surface area contributed by atoms with Gasteiger partial charge in [-0.05, 0) is 46.6 Å². The molecule has 1 unspecified atom stereocenters. The largest absolute Gasteiger partial charge is 0.465 e. The Kier molecular flexibility index (Phi) is 5.55. The molecule has 0 spiro atoms. The monoisotopic (exact) mass is 270 g/mol. The fourth-order valence-electron chi connectivity index (χ4n) is 1.99. The molecule has 0 amide bonds. The Morgan fingerprint density at radius 1 is 1.22 bits per heavy atom. The van der Waals surface area contributed by atoms with E-state index in [4.69, 9.17) is 20.9 Å². The molecule has 0 aliphatic carbocycles. The molecule has 0 aromatic rings. The van der Waals surface area contributed by atoms with Crippen molar-refractivity contribution in [2.24, 2.45) is 0 Å². The van der Waals surface area contributed by atoms with Crippen molar-refractivity contribution in [2.75, 3.05) is 5.88 Å². The van der Waals surface area contributed by atoms with Gasteiger partial charge in [-0.2, -0.15) is 0 Å². The van der Waals surface area contributed by atoms with Crippen LogP contribution in [0.3, 0.4) is 0 Å². The first-order valence-electron chi connectivity index (χ1n) is 6.61. The zero-order valence-electron chi connectivity index (χ0n) is 12.0. The first kappa shape index (κ1) is 15.9. The summed E-state index contributed by atoms with van der Waals surface area (Å²) in [5, 5.41) is 0. The highest BCUT2D eigenvalue weighted by Crippen LogP contribution is 2.41. The van der Waals surface area contributed by atoms with Gasteiger partial charge in [-0.1, -0.05) is 13.0 Å². The van der Waals surface area contributed by atoms with Crippen molar-refractivity contribution in [1.82, 2.24) is 0 Å². The van der Waals surface area contributed by atoms with E-state index in [1.807, 2.05) is 6.08 Å². The van der Waals surface area contributed by atoms with Crippen LogP contribution in [0.4, 0.5) is 0 Å². The molecule has 1 atom stereocenters. The van der Waals surface area contributed by atoms with Gasteiger partial charge in [0.2, 0.25) is 0 Å². The van der Waals surface area contributed by atoms with Crippen molar-refractivity contribution >= 4 is 18.7 Å². The summed E-state index contributed by atoms with van der Waals surface area (Å²) in [7, 11) is -0.209. The van der Waals surface area contributed by atoms with Crippen LogP contribution >= 0.6 is 11.6 Å². The van der Waals surface area contributed by atoms with Crippen LogP contribution in [0.1, 0.15) is 47.0 Å². The van der Waals surface area contributed by atoms with Gasteiger partial charge in [0, 0.05) is 11.7 Å². The van der Waals surface area contributed by atoms with E-state index in [1.54, 1.807) is 0 Å². The Bertz CT molecular complexity index is 306. The van der Waals surface area contributed by atoms with Crippen molar-refractivity contribution in [3.05, 3.63) is 18.4 Å². The maximum atomic E-state index is 6.06. The smallest absolute Gasteiger partial charge is 0.403 e. The second-order valence-corrected chi connectivity index (χ2v) is 6.22. The van der Waals surface area contributed by atoms with Gasteiger partial charge in [-0.25, -0.2) is 0 Å². The summed E-state index contributed by atoms with van der Waals surface area (Å²) >= 11 is 5.71. The predicted octanol–water partition coefficient (Wildman–Crippen LogP) is 4.20. The van der Waals surface area contributed by atoms with Gasteiger partial charge in [-0.3, -0.25) is 0 Å². The lowest BCUT2D eigenvalue weighted by Crippen LogP contribution is -2.41. The van der Waals surface area contributed by atoms with Crippen LogP contribution < -0.4 is 0 Å². The van der Waals surface area contributed by atoms with Crippen LogP contribution in [0.5, 0.6) is 0 Å². The molecule has 1 rings (SSSR count). The van der Waals surface area contributed by atoms with Crippen molar-refractivity contribution < 1.29 is 9.31 Å². The lowest BCUT2D eigenvalue weighted by molar-refractivity contribution is 0.00578. The number of alkyl halides is 1. The van der Waals surface area contributed by atoms with Gasteiger partial charge in [0.15, 0.2) is 0 Å². The zero-order chi connectivity index (χ0) is 13.8. The average Bonchev–Trinajstić information content (AvgIpc) is 2.47. The molecule has 0 radical (unpaired) electrons. The van der Waals surface area contributed by atoms with E-state index >= 15 is 0 Å². The van der Waals surface area contributed by atoms with Crippen molar-refractivity contribution in [3.63, 3.8) is 0 Å². The Balaban J connectivity index is 2.68. The Morgan fingerprint density at radius 2 is 1.78 bits per heavy atom. The minimum absolute atomic E-state index is 0.201. The molecule has 1 heterocycles. The normalized spacial score (nSPS) is 22.6. The van der Waals surface area contributed by atoms with Gasteiger partial charge < -0.3 is 9.31 Å². The third kappa shape index (κ3) is 3.65. The fraction of sp³-hybridized carbons (Fsp3) is 0.786. The number of hydrogen-bond acceptors (Lipinski definition) is 2. The SMILES string of the molecule is C=C=CC(CCCCCl)B1OC(C)(C)C(C)(C)O1. The maximum absolute atomic E-state index is 6.06. The molecule has 1 aliphatic heterocycles. The van der Waals surface area contributed by atoms with Crippen molar-refractivity contribution in [3.8, 4) is 0 Å². The summed E-state index contributed by atoms with van der Waals surface area (Å²) in [5.41, 5.74) is 2.30. The quantitative estimate of drug-likeness (QED) is 0.312. The third-order valence-corrected chi connectivity index (χ3v) is 4.14. The van der Waals surface area contributed by atoms with E-state index in [1.165, 1.54) is 0 Å². The van der Waals surface area contributed by atoms with Crippen LogP contribution in [0.25, 0.3) is 0 Å². The molecule has 1 saturated heterocycles. The highest BCUT2D eigenvalue weighted by molar-refractivity contribution is 6.48. The molecule has 18 heavy (non-hydrogen) atoms. The number of allylic oxidation sites excluding steroid dienone is 1. The zero-order valence-corrected chi connectivity index (χ0v) is 12.7. The number of hydrogen-bond donors (Lipinski definition) is 0. The van der Waals surface area contributed by atoms with E-state index in [0.29, 0.717) is 5.88 Å². The number of unbranched alkanes of at least 4 members (excludes halogenated alkanes) is 1. The first-order chi connectivity index (χ1) is 8.34. The average molecular weight is 271 g/mol. The molecule has 0 N–H and O–H groups in total. The van der Waals surface area contributed by atoms with Crippen molar-refractivity contribution in [1.29, 1.82) is 0 Å². The predicted molar refractivity (Wildman–Crippen MR) is 78.1 cm³/mol. The van der Waals surface area contributed by atoms with Crippen molar-refractivity contribution in [2.45, 2.75) is 64.0 Å². The van der Waals surface area contributed by atoms with Gasteiger partial charge in [-0.15, -0.1) is 17.3 Å². The number of rotatable bonds is 6. The van der Waals surface area contributed by atoms with E-state index in [2.05, 4.69) is 40.0 Å². The summed E-state index contributed by atoms with van der Waals surface area (Å²) in [6.45, 7) is 11.9. The molecular weight excluding hydrogens is 246 g/mol.